The molecule has 1 aliphatic carbocycles. The highest BCUT2D eigenvalue weighted by molar-refractivity contribution is 6.31. The number of aliphatic hydroxyl groups is 1. The zero-order valence-electron chi connectivity index (χ0n) is 12.7. The lowest BCUT2D eigenvalue weighted by Gasteiger charge is -2.33. The second kappa shape index (κ2) is 6.46. The Hall–Kier alpha value is -0.580. The van der Waals surface area contributed by atoms with E-state index in [9.17, 15) is 5.11 Å². The van der Waals surface area contributed by atoms with Crippen LogP contribution >= 0.6 is 11.6 Å². The van der Waals surface area contributed by atoms with Gasteiger partial charge in [0.25, 0.3) is 0 Å². The molecular weight excluding hydrogens is 276 g/mol. The van der Waals surface area contributed by atoms with Crippen LogP contribution in [0.25, 0.3) is 0 Å². The van der Waals surface area contributed by atoms with Crippen LogP contribution in [-0.2, 0) is 24.1 Å². The number of hydrogen-bond acceptors (Lipinski definition) is 3. The molecular formula is C15H25ClN2O2. The molecule has 1 fully saturated rings. The van der Waals surface area contributed by atoms with Gasteiger partial charge in [-0.1, -0.05) is 31.4 Å². The summed E-state index contributed by atoms with van der Waals surface area (Å²) >= 11 is 6.41. The van der Waals surface area contributed by atoms with Crippen molar-refractivity contribution in [3.8, 4) is 0 Å². The maximum absolute atomic E-state index is 10.7. The van der Waals surface area contributed by atoms with E-state index in [1.54, 1.807) is 7.11 Å². The standard InChI is InChI=1S/C15H25ClN2O2/c1-4-11-14(16)12(18(5-2)17-11)10-13(19)15(20-3)8-6-7-9-15/h13,19H,4-10H2,1-3H3. The second-order valence-electron chi connectivity index (χ2n) is 5.57. The van der Waals surface area contributed by atoms with Crippen LogP contribution in [0.4, 0.5) is 0 Å². The Morgan fingerprint density at radius 2 is 2.05 bits per heavy atom. The Labute approximate surface area is 126 Å². The van der Waals surface area contributed by atoms with E-state index < -0.39 is 11.7 Å². The SMILES string of the molecule is CCc1nn(CC)c(CC(O)C2(OC)CCCC2)c1Cl. The minimum atomic E-state index is -0.529. The van der Waals surface area contributed by atoms with Gasteiger partial charge in [0.1, 0.15) is 0 Å². The van der Waals surface area contributed by atoms with Gasteiger partial charge in [0, 0.05) is 20.1 Å². The fraction of sp³-hybridized carbons (Fsp3) is 0.800. The lowest BCUT2D eigenvalue weighted by Crippen LogP contribution is -2.43. The molecule has 2 rings (SSSR count). The van der Waals surface area contributed by atoms with Crippen LogP contribution < -0.4 is 0 Å². The van der Waals surface area contributed by atoms with Gasteiger partial charge in [-0.25, -0.2) is 0 Å². The zero-order valence-corrected chi connectivity index (χ0v) is 13.4. The first kappa shape index (κ1) is 15.8. The summed E-state index contributed by atoms with van der Waals surface area (Å²) in [7, 11) is 1.70. The highest BCUT2D eigenvalue weighted by Crippen LogP contribution is 2.37. The van der Waals surface area contributed by atoms with E-state index in [4.69, 9.17) is 16.3 Å². The van der Waals surface area contributed by atoms with Crippen LogP contribution in [0, 0.1) is 0 Å². The fourth-order valence-corrected chi connectivity index (χ4v) is 3.57. The first-order valence-electron chi connectivity index (χ1n) is 7.55. The minimum Gasteiger partial charge on any atom is -0.390 e. The first-order valence-corrected chi connectivity index (χ1v) is 7.93. The van der Waals surface area contributed by atoms with Crippen molar-refractivity contribution in [3.63, 3.8) is 0 Å². The third-order valence-corrected chi connectivity index (χ3v) is 4.98. The molecule has 1 atom stereocenters. The lowest BCUT2D eigenvalue weighted by atomic mass is 9.91. The van der Waals surface area contributed by atoms with E-state index in [1.807, 2.05) is 18.5 Å². The van der Waals surface area contributed by atoms with Crippen molar-refractivity contribution in [1.29, 1.82) is 0 Å². The summed E-state index contributed by atoms with van der Waals surface area (Å²) in [5, 5.41) is 15.9. The number of rotatable bonds is 6. The van der Waals surface area contributed by atoms with Gasteiger partial charge in [-0.2, -0.15) is 5.10 Å². The molecule has 1 heterocycles. The number of aromatic nitrogens is 2. The lowest BCUT2D eigenvalue weighted by molar-refractivity contribution is -0.0976. The molecule has 0 radical (unpaired) electrons. The van der Waals surface area contributed by atoms with Crippen molar-refractivity contribution in [3.05, 3.63) is 16.4 Å². The van der Waals surface area contributed by atoms with Crippen molar-refractivity contribution >= 4 is 11.6 Å². The maximum atomic E-state index is 10.7. The number of halogens is 1. The first-order chi connectivity index (χ1) is 9.57. The van der Waals surface area contributed by atoms with Crippen molar-refractivity contribution in [2.24, 2.45) is 0 Å². The Morgan fingerprint density at radius 1 is 1.40 bits per heavy atom. The molecule has 0 spiro atoms. The average molecular weight is 301 g/mol. The van der Waals surface area contributed by atoms with E-state index in [0.29, 0.717) is 11.4 Å². The van der Waals surface area contributed by atoms with Crippen molar-refractivity contribution in [2.75, 3.05) is 7.11 Å². The molecule has 1 saturated carbocycles. The summed E-state index contributed by atoms with van der Waals surface area (Å²) < 4.78 is 7.56. The predicted octanol–water partition coefficient (Wildman–Crippen LogP) is 2.98. The van der Waals surface area contributed by atoms with Gasteiger partial charge in [0.05, 0.1) is 28.1 Å². The molecule has 1 aliphatic rings. The number of hydrogen-bond donors (Lipinski definition) is 1. The summed E-state index contributed by atoms with van der Waals surface area (Å²) in [4.78, 5) is 0. The van der Waals surface area contributed by atoms with Crippen LogP contribution in [0.2, 0.25) is 5.02 Å². The van der Waals surface area contributed by atoms with Gasteiger partial charge < -0.3 is 9.84 Å². The van der Waals surface area contributed by atoms with E-state index in [2.05, 4.69) is 5.10 Å². The van der Waals surface area contributed by atoms with Crippen LogP contribution in [0.1, 0.15) is 50.9 Å². The Kier molecular flexibility index (Phi) is 5.10. The predicted molar refractivity (Wildman–Crippen MR) is 80.2 cm³/mol. The minimum absolute atomic E-state index is 0.404. The molecule has 0 bridgehead atoms. The highest BCUT2D eigenvalue weighted by atomic mass is 35.5. The van der Waals surface area contributed by atoms with Crippen LogP contribution in [0.5, 0.6) is 0 Å². The fourth-order valence-electron chi connectivity index (χ4n) is 3.23. The quantitative estimate of drug-likeness (QED) is 0.878. The zero-order chi connectivity index (χ0) is 14.8. The van der Waals surface area contributed by atoms with Crippen LogP contribution in [-0.4, -0.2) is 33.7 Å². The molecule has 20 heavy (non-hydrogen) atoms. The highest BCUT2D eigenvalue weighted by Gasteiger charge is 2.41. The summed E-state index contributed by atoms with van der Waals surface area (Å²) in [6.07, 6.45) is 4.86. The van der Waals surface area contributed by atoms with E-state index in [1.165, 1.54) is 0 Å². The van der Waals surface area contributed by atoms with Crippen molar-refractivity contribution in [2.45, 2.75) is 70.6 Å². The number of nitrogens with zero attached hydrogens (tertiary/aromatic N) is 2. The summed E-state index contributed by atoms with van der Waals surface area (Å²) in [5.74, 6) is 0. The van der Waals surface area contributed by atoms with E-state index in [0.717, 1.165) is 50.0 Å². The molecule has 0 aromatic carbocycles. The summed E-state index contributed by atoms with van der Waals surface area (Å²) in [6.45, 7) is 4.85. The third-order valence-electron chi connectivity index (χ3n) is 4.54. The third kappa shape index (κ3) is 2.74. The molecule has 1 unspecified atom stereocenters. The molecule has 5 heteroatoms. The molecule has 114 valence electrons. The summed E-state index contributed by atoms with van der Waals surface area (Å²) in [5.41, 5.74) is 1.44. The van der Waals surface area contributed by atoms with Gasteiger partial charge in [-0.15, -0.1) is 0 Å². The van der Waals surface area contributed by atoms with Gasteiger partial charge in [0.15, 0.2) is 0 Å². The van der Waals surface area contributed by atoms with E-state index >= 15 is 0 Å². The van der Waals surface area contributed by atoms with Crippen LogP contribution in [0.15, 0.2) is 0 Å². The molecule has 1 aromatic rings. The normalized spacial score (nSPS) is 19.4. The van der Waals surface area contributed by atoms with Crippen LogP contribution in [0.3, 0.4) is 0 Å². The molecule has 1 N–H and O–H groups in total. The Balaban J connectivity index is 2.22. The number of aliphatic hydroxyl groups excluding tert-OH is 1. The maximum Gasteiger partial charge on any atom is 0.0940 e. The smallest absolute Gasteiger partial charge is 0.0940 e. The Morgan fingerprint density at radius 3 is 2.55 bits per heavy atom. The van der Waals surface area contributed by atoms with Crippen molar-refractivity contribution < 1.29 is 9.84 Å². The van der Waals surface area contributed by atoms with Gasteiger partial charge in [0.2, 0.25) is 0 Å². The van der Waals surface area contributed by atoms with E-state index in [-0.39, 0.29) is 0 Å². The topological polar surface area (TPSA) is 47.3 Å². The second-order valence-corrected chi connectivity index (χ2v) is 5.95. The van der Waals surface area contributed by atoms with Gasteiger partial charge in [-0.05, 0) is 26.2 Å². The molecule has 1 aromatic heterocycles. The molecule has 0 amide bonds. The number of aryl methyl sites for hydroxylation is 2. The molecule has 4 nitrogen and oxygen atoms in total. The van der Waals surface area contributed by atoms with Gasteiger partial charge in [-0.3, -0.25) is 4.68 Å². The van der Waals surface area contributed by atoms with Gasteiger partial charge >= 0.3 is 0 Å². The summed E-state index contributed by atoms with van der Waals surface area (Å²) in [6, 6.07) is 0. The van der Waals surface area contributed by atoms with Crippen molar-refractivity contribution in [1.82, 2.24) is 9.78 Å². The Bertz CT molecular complexity index is 453. The largest absolute Gasteiger partial charge is 0.390 e. The monoisotopic (exact) mass is 300 g/mol. The molecule has 0 aliphatic heterocycles. The molecule has 0 saturated heterocycles. The average Bonchev–Trinajstić information content (AvgIpc) is 3.06. The number of ether oxygens (including phenoxy) is 1. The number of methoxy groups -OCH3 is 1.